The van der Waals surface area contributed by atoms with Crippen molar-refractivity contribution in [3.63, 3.8) is 0 Å². The van der Waals surface area contributed by atoms with Crippen LogP contribution in [0.1, 0.15) is 12.7 Å². The molecule has 0 fully saturated rings. The van der Waals surface area contributed by atoms with Crippen LogP contribution >= 0.6 is 0 Å². The minimum Gasteiger partial charge on any atom is -0.374 e. The van der Waals surface area contributed by atoms with E-state index in [0.717, 1.165) is 0 Å². The molecule has 0 aliphatic heterocycles. The summed E-state index contributed by atoms with van der Waals surface area (Å²) in [6.45, 7) is 2.77. The first-order valence-corrected chi connectivity index (χ1v) is 5.98. The zero-order valence-corrected chi connectivity index (χ0v) is 10.9. The molecule has 1 N–H and O–H groups in total. The average molecular weight is 262 g/mol. The first kappa shape index (κ1) is 13.4. The lowest BCUT2D eigenvalue weighted by Crippen LogP contribution is -2.04. The Hall–Kier alpha value is -2.08. The number of nitrogens with zero attached hydrogens (tertiary/aromatic N) is 3. The summed E-state index contributed by atoms with van der Waals surface area (Å²) in [6, 6.07) is 3.27. The van der Waals surface area contributed by atoms with Crippen LogP contribution in [-0.2, 0) is 11.3 Å². The Morgan fingerprint density at radius 3 is 2.89 bits per heavy atom. The highest BCUT2D eigenvalue weighted by molar-refractivity contribution is 5.62. The zero-order valence-electron chi connectivity index (χ0n) is 10.9. The molecule has 0 amide bonds. The molecule has 100 valence electrons. The fraction of sp³-hybridized carbons (Fsp3) is 0.308. The number of hydrogen-bond donors (Lipinski definition) is 1. The third-order valence-corrected chi connectivity index (χ3v) is 2.51. The lowest BCUT2D eigenvalue weighted by Gasteiger charge is -2.08. The Balaban J connectivity index is 2.42. The number of ether oxygens (including phenoxy) is 1. The second-order valence-electron chi connectivity index (χ2n) is 3.80. The Kier molecular flexibility index (Phi) is 4.35. The van der Waals surface area contributed by atoms with Crippen LogP contribution in [-0.4, -0.2) is 28.6 Å². The SMILES string of the molecule is CCOCc1nc(NC)cc(-c2ccncc2F)n1. The van der Waals surface area contributed by atoms with Crippen LogP contribution in [0.2, 0.25) is 0 Å². The zero-order chi connectivity index (χ0) is 13.7. The predicted molar refractivity (Wildman–Crippen MR) is 70.1 cm³/mol. The van der Waals surface area contributed by atoms with Crippen molar-refractivity contribution in [1.82, 2.24) is 15.0 Å². The fourth-order valence-electron chi connectivity index (χ4n) is 1.60. The Morgan fingerprint density at radius 1 is 1.37 bits per heavy atom. The third kappa shape index (κ3) is 3.23. The number of anilines is 1. The molecule has 2 aromatic rings. The van der Waals surface area contributed by atoms with E-state index in [4.69, 9.17) is 4.74 Å². The van der Waals surface area contributed by atoms with Gasteiger partial charge in [-0.1, -0.05) is 0 Å². The molecule has 0 aromatic carbocycles. The van der Waals surface area contributed by atoms with Crippen molar-refractivity contribution in [2.75, 3.05) is 19.0 Å². The van der Waals surface area contributed by atoms with E-state index < -0.39 is 5.82 Å². The quantitative estimate of drug-likeness (QED) is 0.895. The molecule has 2 aromatic heterocycles. The molecule has 0 aliphatic rings. The Morgan fingerprint density at radius 2 is 2.21 bits per heavy atom. The molecule has 0 radical (unpaired) electrons. The third-order valence-electron chi connectivity index (χ3n) is 2.51. The first-order chi connectivity index (χ1) is 9.24. The number of aromatic nitrogens is 3. The number of nitrogens with one attached hydrogen (secondary N) is 1. The second-order valence-corrected chi connectivity index (χ2v) is 3.80. The van der Waals surface area contributed by atoms with Crippen LogP contribution in [0.3, 0.4) is 0 Å². The minimum absolute atomic E-state index is 0.297. The highest BCUT2D eigenvalue weighted by Gasteiger charge is 2.10. The van der Waals surface area contributed by atoms with E-state index in [1.807, 2.05) is 6.92 Å². The van der Waals surface area contributed by atoms with Crippen LogP contribution in [0, 0.1) is 5.82 Å². The van der Waals surface area contributed by atoms with Gasteiger partial charge in [-0.2, -0.15) is 0 Å². The van der Waals surface area contributed by atoms with E-state index in [0.29, 0.717) is 36.1 Å². The molecule has 0 unspecified atom stereocenters. The van der Waals surface area contributed by atoms with Crippen molar-refractivity contribution in [3.05, 3.63) is 36.2 Å². The molecule has 5 nitrogen and oxygen atoms in total. The maximum Gasteiger partial charge on any atom is 0.157 e. The molecule has 0 saturated carbocycles. The molecule has 0 bridgehead atoms. The van der Waals surface area contributed by atoms with Gasteiger partial charge in [0.25, 0.3) is 0 Å². The number of halogens is 1. The molecule has 0 aliphatic carbocycles. The summed E-state index contributed by atoms with van der Waals surface area (Å²) in [5.41, 5.74) is 0.903. The molecule has 0 saturated heterocycles. The van der Waals surface area contributed by atoms with E-state index in [2.05, 4.69) is 20.3 Å². The molecule has 6 heteroatoms. The number of pyridine rings is 1. The van der Waals surface area contributed by atoms with Gasteiger partial charge in [-0.25, -0.2) is 14.4 Å². The lowest BCUT2D eigenvalue weighted by molar-refractivity contribution is 0.128. The summed E-state index contributed by atoms with van der Waals surface area (Å²) in [4.78, 5) is 12.3. The van der Waals surface area contributed by atoms with Gasteiger partial charge in [0.15, 0.2) is 11.6 Å². The summed E-state index contributed by atoms with van der Waals surface area (Å²) in [5.74, 6) is 0.724. The Labute approximate surface area is 110 Å². The van der Waals surface area contributed by atoms with Crippen molar-refractivity contribution < 1.29 is 9.13 Å². The minimum atomic E-state index is -0.411. The number of rotatable bonds is 5. The molecule has 0 spiro atoms. The molecule has 2 rings (SSSR count). The molecular formula is C13H15FN4O. The molecule has 0 atom stereocenters. The van der Waals surface area contributed by atoms with Gasteiger partial charge >= 0.3 is 0 Å². The van der Waals surface area contributed by atoms with Gasteiger partial charge in [0.2, 0.25) is 0 Å². The molecule has 19 heavy (non-hydrogen) atoms. The van der Waals surface area contributed by atoms with Gasteiger partial charge in [0.1, 0.15) is 12.4 Å². The van der Waals surface area contributed by atoms with Crippen LogP contribution in [0.25, 0.3) is 11.3 Å². The molecular weight excluding hydrogens is 247 g/mol. The van der Waals surface area contributed by atoms with Crippen LogP contribution in [0.15, 0.2) is 24.5 Å². The topological polar surface area (TPSA) is 59.9 Å². The van der Waals surface area contributed by atoms with Crippen molar-refractivity contribution in [3.8, 4) is 11.3 Å². The van der Waals surface area contributed by atoms with E-state index in [1.54, 1.807) is 19.2 Å². The smallest absolute Gasteiger partial charge is 0.157 e. The highest BCUT2D eigenvalue weighted by Crippen LogP contribution is 2.22. The van der Waals surface area contributed by atoms with Crippen molar-refractivity contribution in [1.29, 1.82) is 0 Å². The van der Waals surface area contributed by atoms with Gasteiger partial charge in [0, 0.05) is 31.5 Å². The van der Waals surface area contributed by atoms with E-state index in [9.17, 15) is 4.39 Å². The van der Waals surface area contributed by atoms with Crippen LogP contribution < -0.4 is 5.32 Å². The van der Waals surface area contributed by atoms with Crippen molar-refractivity contribution >= 4 is 5.82 Å². The average Bonchev–Trinajstić information content (AvgIpc) is 2.45. The maximum atomic E-state index is 13.7. The summed E-state index contributed by atoms with van der Waals surface area (Å²) in [7, 11) is 1.75. The standard InChI is InChI=1S/C13H15FN4O/c1-3-19-8-13-17-11(6-12(15-2)18-13)9-4-5-16-7-10(9)14/h4-7H,3,8H2,1-2H3,(H,15,17,18). The van der Waals surface area contributed by atoms with Gasteiger partial charge in [0.05, 0.1) is 11.9 Å². The van der Waals surface area contributed by atoms with E-state index in [1.165, 1.54) is 12.4 Å². The monoisotopic (exact) mass is 262 g/mol. The summed E-state index contributed by atoms with van der Waals surface area (Å²) in [6.07, 6.45) is 2.69. The maximum absolute atomic E-state index is 13.7. The van der Waals surface area contributed by atoms with Gasteiger partial charge in [-0.05, 0) is 13.0 Å². The van der Waals surface area contributed by atoms with Crippen LogP contribution in [0.5, 0.6) is 0 Å². The van der Waals surface area contributed by atoms with E-state index >= 15 is 0 Å². The van der Waals surface area contributed by atoms with Gasteiger partial charge in [-0.3, -0.25) is 4.98 Å². The van der Waals surface area contributed by atoms with Crippen LogP contribution in [0.4, 0.5) is 10.2 Å². The summed E-state index contributed by atoms with van der Waals surface area (Å²) < 4.78 is 19.0. The van der Waals surface area contributed by atoms with Gasteiger partial charge in [-0.15, -0.1) is 0 Å². The predicted octanol–water partition coefficient (Wildman–Crippen LogP) is 2.26. The lowest BCUT2D eigenvalue weighted by atomic mass is 10.2. The number of hydrogen-bond acceptors (Lipinski definition) is 5. The van der Waals surface area contributed by atoms with Crippen molar-refractivity contribution in [2.24, 2.45) is 0 Å². The fourth-order valence-corrected chi connectivity index (χ4v) is 1.60. The van der Waals surface area contributed by atoms with Gasteiger partial charge < -0.3 is 10.1 Å². The Bertz CT molecular complexity index is 562. The normalized spacial score (nSPS) is 10.5. The van der Waals surface area contributed by atoms with E-state index in [-0.39, 0.29) is 0 Å². The first-order valence-electron chi connectivity index (χ1n) is 5.98. The summed E-state index contributed by atoms with van der Waals surface area (Å²) in [5, 5.41) is 2.93. The van der Waals surface area contributed by atoms with Crippen molar-refractivity contribution in [2.45, 2.75) is 13.5 Å². The summed E-state index contributed by atoms with van der Waals surface area (Å²) >= 11 is 0. The molecule has 2 heterocycles. The second kappa shape index (κ2) is 6.19. The highest BCUT2D eigenvalue weighted by atomic mass is 19.1. The largest absolute Gasteiger partial charge is 0.374 e.